The number of imidazole rings is 1. The summed E-state index contributed by atoms with van der Waals surface area (Å²) in [5.41, 5.74) is 3.06. The van der Waals surface area contributed by atoms with E-state index < -0.39 is 0 Å². The van der Waals surface area contributed by atoms with Gasteiger partial charge in [0.25, 0.3) is 0 Å². The van der Waals surface area contributed by atoms with E-state index in [0.717, 1.165) is 48.7 Å². The topological polar surface area (TPSA) is 111 Å². The highest BCUT2D eigenvalue weighted by Gasteiger charge is 2.31. The molecule has 1 N–H and O–H groups in total. The zero-order chi connectivity index (χ0) is 31.1. The molecule has 44 heavy (non-hydrogen) atoms. The van der Waals surface area contributed by atoms with Crippen LogP contribution in [0.5, 0.6) is 11.5 Å². The van der Waals surface area contributed by atoms with Crippen LogP contribution in [-0.4, -0.2) is 75.2 Å². The lowest BCUT2D eigenvalue weighted by Gasteiger charge is -2.42. The van der Waals surface area contributed by atoms with Crippen LogP contribution in [0.4, 0.5) is 5.82 Å². The summed E-state index contributed by atoms with van der Waals surface area (Å²) in [6, 6.07) is 11.6. The number of methoxy groups -OCH3 is 2. The molecule has 3 aromatic heterocycles. The number of nitrogens with zero attached hydrogens (tertiary/aromatic N) is 7. The Morgan fingerprint density at radius 1 is 1.05 bits per heavy atom. The van der Waals surface area contributed by atoms with Gasteiger partial charge in [-0.1, -0.05) is 32.9 Å². The van der Waals surface area contributed by atoms with Crippen LogP contribution < -0.4 is 19.7 Å². The highest BCUT2D eigenvalue weighted by Crippen LogP contribution is 2.31. The first-order valence-corrected chi connectivity index (χ1v) is 15.1. The van der Waals surface area contributed by atoms with E-state index in [1.807, 2.05) is 41.2 Å². The molecule has 0 spiro atoms. The van der Waals surface area contributed by atoms with Gasteiger partial charge in [-0.25, -0.2) is 9.97 Å². The minimum Gasteiger partial charge on any atom is -0.493 e. The van der Waals surface area contributed by atoms with Gasteiger partial charge in [0, 0.05) is 63.5 Å². The van der Waals surface area contributed by atoms with Gasteiger partial charge in [-0.3, -0.25) is 19.2 Å². The molecule has 11 heteroatoms. The summed E-state index contributed by atoms with van der Waals surface area (Å²) in [5, 5.41) is 3.28. The summed E-state index contributed by atoms with van der Waals surface area (Å²) in [6.45, 7) is 9.34. The lowest BCUT2D eigenvalue weighted by Crippen LogP contribution is -2.54. The number of amides is 1. The first-order valence-electron chi connectivity index (χ1n) is 15.1. The summed E-state index contributed by atoms with van der Waals surface area (Å²) in [5.74, 6) is 2.88. The maximum atomic E-state index is 13.7. The summed E-state index contributed by atoms with van der Waals surface area (Å²) in [6.07, 6.45) is 10.0. The lowest BCUT2D eigenvalue weighted by molar-refractivity contribution is -0.122. The third-order valence-corrected chi connectivity index (χ3v) is 8.01. The molecule has 1 amide bonds. The standard InChI is InChI=1S/C33H42N8O3/c1-6-27(25-9-10-29(43-4)30(16-25)44-5)36-32(42)17-26-21-39(20-24-8-7-11-34-19-24)14-15-41(26)31-18-28(23(2)3)37-33(38-31)40-13-12-35-22-40/h7-13,16,18-19,22-23,26-27H,6,14-15,17,20-21H2,1-5H3,(H,36,42). The van der Waals surface area contributed by atoms with Crippen molar-refractivity contribution in [2.24, 2.45) is 0 Å². The summed E-state index contributed by atoms with van der Waals surface area (Å²) in [4.78, 5) is 36.6. The number of carbonyl (C=O) groups is 1. The Labute approximate surface area is 259 Å². The van der Waals surface area contributed by atoms with Crippen molar-refractivity contribution in [1.29, 1.82) is 0 Å². The average molecular weight is 599 g/mol. The fraction of sp³-hybridized carbons (Fsp3) is 0.424. The Hall–Kier alpha value is -4.51. The molecule has 1 aliphatic rings. The van der Waals surface area contributed by atoms with Crippen LogP contribution in [0, 0.1) is 0 Å². The Morgan fingerprint density at radius 2 is 1.89 bits per heavy atom. The van der Waals surface area contributed by atoms with Crippen LogP contribution >= 0.6 is 0 Å². The van der Waals surface area contributed by atoms with E-state index in [2.05, 4.69) is 58.0 Å². The van der Waals surface area contributed by atoms with E-state index in [-0.39, 0.29) is 23.9 Å². The van der Waals surface area contributed by atoms with Crippen molar-refractivity contribution in [3.05, 3.63) is 84.3 Å². The van der Waals surface area contributed by atoms with Crippen LogP contribution in [0.25, 0.3) is 5.95 Å². The average Bonchev–Trinajstić information content (AvgIpc) is 3.59. The molecule has 0 radical (unpaired) electrons. The minimum absolute atomic E-state index is 0.0159. The summed E-state index contributed by atoms with van der Waals surface area (Å²) in [7, 11) is 3.23. The van der Waals surface area contributed by atoms with E-state index in [0.29, 0.717) is 30.4 Å². The van der Waals surface area contributed by atoms with Gasteiger partial charge in [-0.05, 0) is 41.7 Å². The van der Waals surface area contributed by atoms with Gasteiger partial charge in [0.05, 0.1) is 32.0 Å². The number of pyridine rings is 1. The molecule has 0 bridgehead atoms. The molecule has 2 atom stereocenters. The largest absolute Gasteiger partial charge is 0.493 e. The van der Waals surface area contributed by atoms with Gasteiger partial charge < -0.3 is 19.7 Å². The number of nitrogens with one attached hydrogen (secondary N) is 1. The highest BCUT2D eigenvalue weighted by atomic mass is 16.5. The fourth-order valence-corrected chi connectivity index (χ4v) is 5.62. The quantitative estimate of drug-likeness (QED) is 0.251. The van der Waals surface area contributed by atoms with Crippen molar-refractivity contribution < 1.29 is 14.3 Å². The maximum absolute atomic E-state index is 13.7. The summed E-state index contributed by atoms with van der Waals surface area (Å²) >= 11 is 0. The third kappa shape index (κ3) is 7.34. The van der Waals surface area contributed by atoms with Crippen molar-refractivity contribution >= 4 is 11.7 Å². The molecule has 1 aliphatic heterocycles. The molecular weight excluding hydrogens is 556 g/mol. The molecule has 4 aromatic rings. The predicted molar refractivity (Wildman–Crippen MR) is 169 cm³/mol. The first kappa shape index (κ1) is 30.9. The van der Waals surface area contributed by atoms with E-state index in [4.69, 9.17) is 19.4 Å². The smallest absolute Gasteiger partial charge is 0.237 e. The van der Waals surface area contributed by atoms with Crippen LogP contribution in [-0.2, 0) is 11.3 Å². The van der Waals surface area contributed by atoms with Gasteiger partial charge in [-0.15, -0.1) is 0 Å². The van der Waals surface area contributed by atoms with Gasteiger partial charge >= 0.3 is 0 Å². The van der Waals surface area contributed by atoms with E-state index in [1.165, 1.54) is 0 Å². The highest BCUT2D eigenvalue weighted by molar-refractivity contribution is 5.78. The number of ether oxygens (including phenoxy) is 2. The van der Waals surface area contributed by atoms with Gasteiger partial charge in [-0.2, -0.15) is 4.98 Å². The van der Waals surface area contributed by atoms with E-state index >= 15 is 0 Å². The molecule has 1 saturated heterocycles. The predicted octanol–water partition coefficient (Wildman–Crippen LogP) is 4.55. The molecule has 2 unspecified atom stereocenters. The number of piperazine rings is 1. The SMILES string of the molecule is CCC(NC(=O)CC1CN(Cc2cccnc2)CCN1c1cc(C(C)C)nc(-n2ccnc2)n1)c1ccc(OC)c(OC)c1. The second-order valence-corrected chi connectivity index (χ2v) is 11.4. The Bertz CT molecular complexity index is 1510. The number of aromatic nitrogens is 5. The van der Waals surface area contributed by atoms with Crippen molar-refractivity contribution in [1.82, 2.24) is 34.7 Å². The van der Waals surface area contributed by atoms with Crippen LogP contribution in [0.2, 0.25) is 0 Å². The fourth-order valence-electron chi connectivity index (χ4n) is 5.62. The number of hydrogen-bond donors (Lipinski definition) is 1. The van der Waals surface area contributed by atoms with Crippen molar-refractivity contribution in [2.75, 3.05) is 38.8 Å². The zero-order valence-electron chi connectivity index (χ0n) is 26.2. The number of carbonyl (C=O) groups excluding carboxylic acids is 1. The Morgan fingerprint density at radius 3 is 2.57 bits per heavy atom. The molecule has 5 rings (SSSR count). The van der Waals surface area contributed by atoms with E-state index in [1.54, 1.807) is 32.9 Å². The second-order valence-electron chi connectivity index (χ2n) is 11.4. The van der Waals surface area contributed by atoms with Crippen molar-refractivity contribution in [3.63, 3.8) is 0 Å². The number of anilines is 1. The van der Waals surface area contributed by atoms with Crippen molar-refractivity contribution in [2.45, 2.75) is 58.2 Å². The lowest BCUT2D eigenvalue weighted by atomic mass is 10.0. The minimum atomic E-state index is -0.162. The van der Waals surface area contributed by atoms with Gasteiger partial charge in [0.2, 0.25) is 11.9 Å². The van der Waals surface area contributed by atoms with Crippen molar-refractivity contribution in [3.8, 4) is 17.4 Å². The number of hydrogen-bond acceptors (Lipinski definition) is 9. The molecule has 1 fully saturated rings. The Kier molecular flexibility index (Phi) is 10.1. The molecular formula is C33H42N8O3. The van der Waals surface area contributed by atoms with Crippen LogP contribution in [0.1, 0.15) is 62.4 Å². The summed E-state index contributed by atoms with van der Waals surface area (Å²) < 4.78 is 12.7. The first-order chi connectivity index (χ1) is 21.4. The van der Waals surface area contributed by atoms with E-state index in [9.17, 15) is 4.79 Å². The van der Waals surface area contributed by atoms with Gasteiger partial charge in [0.1, 0.15) is 12.1 Å². The monoisotopic (exact) mass is 598 g/mol. The van der Waals surface area contributed by atoms with Crippen LogP contribution in [0.15, 0.2) is 67.5 Å². The zero-order valence-corrected chi connectivity index (χ0v) is 26.2. The Balaban J connectivity index is 1.41. The normalized spacial score (nSPS) is 16.1. The maximum Gasteiger partial charge on any atom is 0.237 e. The molecule has 0 aliphatic carbocycles. The number of rotatable bonds is 12. The van der Waals surface area contributed by atoms with Crippen LogP contribution in [0.3, 0.4) is 0 Å². The second kappa shape index (κ2) is 14.3. The molecule has 4 heterocycles. The third-order valence-electron chi connectivity index (χ3n) is 8.01. The van der Waals surface area contributed by atoms with Gasteiger partial charge in [0.15, 0.2) is 11.5 Å². The molecule has 1 aromatic carbocycles. The molecule has 11 nitrogen and oxygen atoms in total. The molecule has 0 saturated carbocycles. The molecule has 232 valence electrons. The number of benzene rings is 1.